The minimum absolute atomic E-state index is 0.218. The fourth-order valence-electron chi connectivity index (χ4n) is 3.00. The molecule has 1 aromatic rings. The minimum Gasteiger partial charge on any atom is -0.389 e. The van der Waals surface area contributed by atoms with Gasteiger partial charge < -0.3 is 16.0 Å². The Bertz CT molecular complexity index is 496. The zero-order chi connectivity index (χ0) is 14.8. The lowest BCUT2D eigenvalue weighted by molar-refractivity contribution is 0.172. The van der Waals surface area contributed by atoms with Crippen LogP contribution in [0.15, 0.2) is 18.2 Å². The summed E-state index contributed by atoms with van der Waals surface area (Å²) in [6, 6.07) is 5.72. The summed E-state index contributed by atoms with van der Waals surface area (Å²) >= 11 is 11.3. The summed E-state index contributed by atoms with van der Waals surface area (Å²) in [5.41, 5.74) is 7.68. The Morgan fingerprint density at radius 3 is 2.60 bits per heavy atom. The van der Waals surface area contributed by atoms with Crippen molar-refractivity contribution in [1.29, 1.82) is 0 Å². The van der Waals surface area contributed by atoms with Crippen LogP contribution in [0.2, 0.25) is 5.02 Å². The summed E-state index contributed by atoms with van der Waals surface area (Å²) in [6.07, 6.45) is 5.01. The van der Waals surface area contributed by atoms with Gasteiger partial charge in [-0.3, -0.25) is 0 Å². The number of halogens is 1. The SMILES string of the molecule is CN(C)C1(CNc2cccc(Cl)c2C(N)=S)CCCC1. The highest BCUT2D eigenvalue weighted by molar-refractivity contribution is 7.80. The van der Waals surface area contributed by atoms with Gasteiger partial charge in [-0.25, -0.2) is 0 Å². The monoisotopic (exact) mass is 311 g/mol. The molecule has 0 aliphatic heterocycles. The molecule has 0 aromatic heterocycles. The molecule has 0 amide bonds. The Kier molecular flexibility index (Phi) is 4.89. The van der Waals surface area contributed by atoms with Gasteiger partial charge in [-0.15, -0.1) is 0 Å². The van der Waals surface area contributed by atoms with E-state index in [1.165, 1.54) is 25.7 Å². The molecule has 1 fully saturated rings. The van der Waals surface area contributed by atoms with Gasteiger partial charge in [0, 0.05) is 17.8 Å². The second kappa shape index (κ2) is 6.29. The molecular formula is C15H22ClN3S. The molecule has 110 valence electrons. The number of nitrogens with zero attached hydrogens (tertiary/aromatic N) is 1. The van der Waals surface area contributed by atoms with Crippen molar-refractivity contribution < 1.29 is 0 Å². The van der Waals surface area contributed by atoms with Gasteiger partial charge in [0.2, 0.25) is 0 Å². The van der Waals surface area contributed by atoms with Crippen LogP contribution in [-0.2, 0) is 0 Å². The molecular weight excluding hydrogens is 290 g/mol. The number of thiocarbonyl (C=S) groups is 1. The maximum absolute atomic E-state index is 6.20. The molecule has 0 unspecified atom stereocenters. The Morgan fingerprint density at radius 1 is 1.40 bits per heavy atom. The molecule has 1 aliphatic rings. The van der Waals surface area contributed by atoms with Crippen LogP contribution < -0.4 is 11.1 Å². The third-order valence-electron chi connectivity index (χ3n) is 4.35. The third kappa shape index (κ3) is 3.08. The van der Waals surface area contributed by atoms with Gasteiger partial charge in [-0.1, -0.05) is 42.7 Å². The average Bonchev–Trinajstić information content (AvgIpc) is 2.86. The number of hydrogen-bond acceptors (Lipinski definition) is 3. The quantitative estimate of drug-likeness (QED) is 0.819. The lowest BCUT2D eigenvalue weighted by Crippen LogP contribution is -2.47. The first kappa shape index (κ1) is 15.5. The molecule has 1 aromatic carbocycles. The molecule has 0 bridgehead atoms. The molecule has 0 saturated heterocycles. The number of rotatable bonds is 5. The van der Waals surface area contributed by atoms with Crippen LogP contribution in [0, 0.1) is 0 Å². The largest absolute Gasteiger partial charge is 0.389 e. The summed E-state index contributed by atoms with van der Waals surface area (Å²) in [5.74, 6) is 0. The van der Waals surface area contributed by atoms with Gasteiger partial charge in [-0.05, 0) is 39.1 Å². The van der Waals surface area contributed by atoms with Crippen molar-refractivity contribution in [2.24, 2.45) is 5.73 Å². The van der Waals surface area contributed by atoms with E-state index in [0.717, 1.165) is 17.8 Å². The second-order valence-corrected chi connectivity index (χ2v) is 6.55. The summed E-state index contributed by atoms with van der Waals surface area (Å²) in [5, 5.41) is 4.11. The highest BCUT2D eigenvalue weighted by Gasteiger charge is 2.35. The van der Waals surface area contributed by atoms with Crippen molar-refractivity contribution in [2.75, 3.05) is 26.0 Å². The summed E-state index contributed by atoms with van der Waals surface area (Å²) < 4.78 is 0. The van der Waals surface area contributed by atoms with E-state index in [-0.39, 0.29) is 5.54 Å². The molecule has 1 saturated carbocycles. The number of anilines is 1. The van der Waals surface area contributed by atoms with Gasteiger partial charge in [0.1, 0.15) is 4.99 Å². The first-order valence-corrected chi connectivity index (χ1v) is 7.74. The lowest BCUT2D eigenvalue weighted by atomic mass is 9.95. The molecule has 2 rings (SSSR count). The zero-order valence-electron chi connectivity index (χ0n) is 12.1. The van der Waals surface area contributed by atoms with E-state index < -0.39 is 0 Å². The van der Waals surface area contributed by atoms with Gasteiger partial charge in [0.15, 0.2) is 0 Å². The fourth-order valence-corrected chi connectivity index (χ4v) is 3.55. The molecule has 5 heteroatoms. The molecule has 0 radical (unpaired) electrons. The smallest absolute Gasteiger partial charge is 0.107 e. The van der Waals surface area contributed by atoms with E-state index in [0.29, 0.717) is 10.0 Å². The molecule has 20 heavy (non-hydrogen) atoms. The molecule has 3 nitrogen and oxygen atoms in total. The van der Waals surface area contributed by atoms with Gasteiger partial charge in [0.05, 0.1) is 10.6 Å². The molecule has 3 N–H and O–H groups in total. The molecule has 1 aliphatic carbocycles. The zero-order valence-corrected chi connectivity index (χ0v) is 13.7. The van der Waals surface area contributed by atoms with E-state index in [9.17, 15) is 0 Å². The predicted octanol–water partition coefficient (Wildman–Crippen LogP) is 3.26. The fraction of sp³-hybridized carbons (Fsp3) is 0.533. The van der Waals surface area contributed by atoms with Crippen LogP contribution in [0.1, 0.15) is 31.2 Å². The van der Waals surface area contributed by atoms with Crippen LogP contribution >= 0.6 is 23.8 Å². The number of benzene rings is 1. The highest BCUT2D eigenvalue weighted by Crippen LogP contribution is 2.34. The van der Waals surface area contributed by atoms with Crippen molar-refractivity contribution in [3.63, 3.8) is 0 Å². The van der Waals surface area contributed by atoms with Crippen molar-refractivity contribution in [3.05, 3.63) is 28.8 Å². The number of hydrogen-bond donors (Lipinski definition) is 2. The van der Waals surface area contributed by atoms with Crippen LogP contribution in [0.25, 0.3) is 0 Å². The third-order valence-corrected chi connectivity index (χ3v) is 4.87. The maximum Gasteiger partial charge on any atom is 0.107 e. The topological polar surface area (TPSA) is 41.3 Å². The minimum atomic E-state index is 0.218. The first-order chi connectivity index (χ1) is 9.46. The van der Waals surface area contributed by atoms with Gasteiger partial charge in [0.25, 0.3) is 0 Å². The molecule has 0 spiro atoms. The van der Waals surface area contributed by atoms with Crippen LogP contribution in [-0.4, -0.2) is 36.1 Å². The van der Waals surface area contributed by atoms with Gasteiger partial charge in [-0.2, -0.15) is 0 Å². The Hall–Kier alpha value is -0.840. The lowest BCUT2D eigenvalue weighted by Gasteiger charge is -2.37. The van der Waals surface area contributed by atoms with Crippen molar-refractivity contribution >= 4 is 34.5 Å². The van der Waals surface area contributed by atoms with E-state index >= 15 is 0 Å². The van der Waals surface area contributed by atoms with Crippen molar-refractivity contribution in [3.8, 4) is 0 Å². The van der Waals surface area contributed by atoms with Crippen molar-refractivity contribution in [1.82, 2.24) is 4.90 Å². The normalized spacial score (nSPS) is 17.4. The van der Waals surface area contributed by atoms with E-state index in [1.807, 2.05) is 18.2 Å². The predicted molar refractivity (Wildman–Crippen MR) is 90.7 cm³/mol. The number of nitrogens with two attached hydrogens (primary N) is 1. The maximum atomic E-state index is 6.20. The van der Waals surface area contributed by atoms with E-state index in [1.54, 1.807) is 0 Å². The van der Waals surface area contributed by atoms with Gasteiger partial charge >= 0.3 is 0 Å². The number of nitrogens with one attached hydrogen (secondary N) is 1. The van der Waals surface area contributed by atoms with Crippen LogP contribution in [0.4, 0.5) is 5.69 Å². The average molecular weight is 312 g/mol. The summed E-state index contributed by atoms with van der Waals surface area (Å²) in [4.78, 5) is 2.67. The van der Waals surface area contributed by atoms with Crippen LogP contribution in [0.3, 0.4) is 0 Å². The Labute approximate surface area is 131 Å². The second-order valence-electron chi connectivity index (χ2n) is 5.71. The molecule has 0 heterocycles. The van der Waals surface area contributed by atoms with E-state index in [2.05, 4.69) is 24.3 Å². The highest BCUT2D eigenvalue weighted by atomic mass is 35.5. The first-order valence-electron chi connectivity index (χ1n) is 6.96. The van der Waals surface area contributed by atoms with E-state index in [4.69, 9.17) is 29.6 Å². The Morgan fingerprint density at radius 2 is 2.05 bits per heavy atom. The van der Waals surface area contributed by atoms with Crippen molar-refractivity contribution in [2.45, 2.75) is 31.2 Å². The standard InChI is InChI=1S/C15H22ClN3S/c1-19(2)15(8-3-4-9-15)10-18-12-7-5-6-11(16)13(12)14(17)20/h5-7,18H,3-4,8-10H2,1-2H3,(H2,17,20). The Balaban J connectivity index is 2.19. The van der Waals surface area contributed by atoms with Crippen LogP contribution in [0.5, 0.6) is 0 Å². The summed E-state index contributed by atoms with van der Waals surface area (Å²) in [7, 11) is 4.30. The molecule has 0 atom stereocenters. The summed E-state index contributed by atoms with van der Waals surface area (Å²) in [6.45, 7) is 0.885. The number of likely N-dealkylation sites (N-methyl/N-ethyl adjacent to an activating group) is 1.